The number of nitriles is 2. The van der Waals surface area contributed by atoms with Gasteiger partial charge in [-0.3, -0.25) is 19.0 Å². The van der Waals surface area contributed by atoms with Crippen molar-refractivity contribution in [2.75, 3.05) is 49.2 Å². The minimum absolute atomic E-state index is 0.0388. The smallest absolute Gasteiger partial charge is 0.340 e. The van der Waals surface area contributed by atoms with Crippen molar-refractivity contribution in [2.24, 2.45) is 11.8 Å². The molecule has 2 aromatic heterocycles. The second kappa shape index (κ2) is 22.7. The second-order valence-electron chi connectivity index (χ2n) is 15.4. The number of rotatable bonds is 15. The van der Waals surface area contributed by atoms with Crippen molar-refractivity contribution in [3.63, 3.8) is 0 Å². The highest BCUT2D eigenvalue weighted by Gasteiger charge is 2.37. The van der Waals surface area contributed by atoms with Gasteiger partial charge in [-0.2, -0.15) is 10.5 Å². The Balaban J connectivity index is 0.000000252. The number of hydrogen-bond acceptors (Lipinski definition) is 16. The first-order valence-corrected chi connectivity index (χ1v) is 24.8. The number of carbonyl (C=O) groups excluding carboxylic acids is 4. The van der Waals surface area contributed by atoms with Gasteiger partial charge in [0, 0.05) is 42.7 Å². The topological polar surface area (TPSA) is 259 Å². The minimum atomic E-state index is -4.08. The number of anilines is 2. The first-order chi connectivity index (χ1) is 31.8. The van der Waals surface area contributed by atoms with Crippen LogP contribution in [0.15, 0.2) is 60.7 Å². The zero-order chi connectivity index (χ0) is 49.1. The van der Waals surface area contributed by atoms with E-state index in [1.165, 1.54) is 30.3 Å². The van der Waals surface area contributed by atoms with Gasteiger partial charge in [0.1, 0.15) is 29.6 Å². The van der Waals surface area contributed by atoms with Gasteiger partial charge in [0.05, 0.1) is 64.3 Å². The van der Waals surface area contributed by atoms with Gasteiger partial charge in [-0.05, 0) is 75.9 Å². The predicted octanol–water partition coefficient (Wildman–Crippen LogP) is 4.87. The van der Waals surface area contributed by atoms with Crippen molar-refractivity contribution in [3.8, 4) is 12.1 Å². The van der Waals surface area contributed by atoms with Crippen molar-refractivity contribution in [3.05, 3.63) is 116 Å². The molecule has 2 N–H and O–H groups in total. The Morgan fingerprint density at radius 1 is 0.761 bits per heavy atom. The first kappa shape index (κ1) is 51.3. The molecule has 2 fully saturated rings. The average molecular weight is 980 g/mol. The standard InChI is InChI=1S/C24H27ClN4O5S.C21H21FN4O5S/c1-3-21-20(24(31)34-4-2)13-18(14-26)22(27-21)29-11-9-17(10-12-29)23(30)28-35(32,33)15-16-5-7-19(25)8-6-16;1-3-31-21(28)17-8-15(9-23)19(24-13(17)2)26-10-16(11-26)20(27)25-32(29,30)12-14-6-4-5-7-18(14)22/h5-8,13,17H,3-4,9-12,15H2,1-2H3,(H,28,30);4-8,16H,3,10-12H2,1-2H3,(H,25,27). The lowest BCUT2D eigenvalue weighted by molar-refractivity contribution is -0.124. The molecule has 354 valence electrons. The van der Waals surface area contributed by atoms with Crippen molar-refractivity contribution in [2.45, 2.75) is 58.5 Å². The lowest BCUT2D eigenvalue weighted by atomic mass is 9.96. The zero-order valence-corrected chi connectivity index (χ0v) is 39.4. The van der Waals surface area contributed by atoms with Crippen LogP contribution in [0.2, 0.25) is 5.02 Å². The molecule has 67 heavy (non-hydrogen) atoms. The van der Waals surface area contributed by atoms with Gasteiger partial charge in [-0.15, -0.1) is 0 Å². The molecule has 0 aliphatic carbocycles. The maximum absolute atomic E-state index is 13.7. The number of aryl methyl sites for hydroxylation is 2. The fraction of sp³-hybridized carbons (Fsp3) is 0.378. The van der Waals surface area contributed by atoms with Crippen LogP contribution in [0.4, 0.5) is 16.0 Å². The number of esters is 2. The van der Waals surface area contributed by atoms with Crippen molar-refractivity contribution in [1.29, 1.82) is 10.5 Å². The monoisotopic (exact) mass is 978 g/mol. The van der Waals surface area contributed by atoms with E-state index in [4.69, 9.17) is 21.1 Å². The minimum Gasteiger partial charge on any atom is -0.462 e. The maximum Gasteiger partial charge on any atom is 0.340 e. The molecule has 0 atom stereocenters. The van der Waals surface area contributed by atoms with Crippen LogP contribution in [0.25, 0.3) is 0 Å². The number of pyridine rings is 2. The lowest BCUT2D eigenvalue weighted by Gasteiger charge is -2.39. The molecule has 18 nitrogen and oxygen atoms in total. The molecule has 22 heteroatoms. The summed E-state index contributed by atoms with van der Waals surface area (Å²) in [6.07, 6.45) is 1.28. The highest BCUT2D eigenvalue weighted by Crippen LogP contribution is 2.30. The summed E-state index contributed by atoms with van der Waals surface area (Å²) in [7, 11) is -7.93. The molecule has 2 aliphatic rings. The summed E-state index contributed by atoms with van der Waals surface area (Å²) in [6, 6.07) is 18.8. The maximum atomic E-state index is 13.7. The van der Waals surface area contributed by atoms with E-state index in [2.05, 4.69) is 20.8 Å². The molecule has 0 radical (unpaired) electrons. The predicted molar refractivity (Wildman–Crippen MR) is 244 cm³/mol. The Hall–Kier alpha value is -6.68. The van der Waals surface area contributed by atoms with E-state index in [1.807, 2.05) is 22.6 Å². The highest BCUT2D eigenvalue weighted by atomic mass is 35.5. The van der Waals surface area contributed by atoms with Crippen LogP contribution in [-0.4, -0.2) is 89.9 Å². The summed E-state index contributed by atoms with van der Waals surface area (Å²) in [6.45, 7) is 8.36. The average Bonchev–Trinajstić information content (AvgIpc) is 3.27. The van der Waals surface area contributed by atoms with Crippen molar-refractivity contribution in [1.82, 2.24) is 19.4 Å². The van der Waals surface area contributed by atoms with E-state index < -0.39 is 67.2 Å². The summed E-state index contributed by atoms with van der Waals surface area (Å²) < 4.78 is 77.3. The van der Waals surface area contributed by atoms with Crippen LogP contribution in [0.1, 0.15) is 88.0 Å². The summed E-state index contributed by atoms with van der Waals surface area (Å²) in [4.78, 5) is 61.7. The first-order valence-electron chi connectivity index (χ1n) is 21.1. The van der Waals surface area contributed by atoms with Gasteiger partial charge in [0.2, 0.25) is 31.9 Å². The van der Waals surface area contributed by atoms with E-state index in [0.717, 1.165) is 6.07 Å². The summed E-state index contributed by atoms with van der Waals surface area (Å²) in [5, 5.41) is 19.6. The van der Waals surface area contributed by atoms with Crippen LogP contribution in [0.3, 0.4) is 0 Å². The number of aromatic nitrogens is 2. The number of sulfonamides is 2. The number of halogens is 2. The molecular formula is C45H48ClFN8O10S2. The van der Waals surface area contributed by atoms with E-state index >= 15 is 0 Å². The number of hydrogen-bond donors (Lipinski definition) is 2. The third-order valence-corrected chi connectivity index (χ3v) is 13.3. The molecule has 4 aromatic rings. The SMILES string of the molecule is CCOC(=O)c1cc(C#N)c(N2CC(C(=O)NS(=O)(=O)Cc3ccccc3F)C2)nc1C.CCOC(=O)c1cc(C#N)c(N2CCC(C(=O)NS(=O)(=O)Cc3ccc(Cl)cc3)CC2)nc1CC. The number of nitrogens with zero attached hydrogens (tertiary/aromatic N) is 6. The molecule has 2 amide bonds. The number of ether oxygens (including phenoxy) is 2. The van der Waals surface area contributed by atoms with Crippen LogP contribution in [-0.2, 0) is 57.0 Å². The number of piperidine rings is 1. The molecule has 2 aromatic carbocycles. The van der Waals surface area contributed by atoms with Crippen LogP contribution < -0.4 is 19.2 Å². The Morgan fingerprint density at radius 3 is 1.84 bits per heavy atom. The Labute approximate surface area is 393 Å². The summed E-state index contributed by atoms with van der Waals surface area (Å²) in [5.41, 5.74) is 2.24. The third-order valence-electron chi connectivity index (χ3n) is 10.6. The largest absolute Gasteiger partial charge is 0.462 e. The molecule has 6 rings (SSSR count). The fourth-order valence-electron chi connectivity index (χ4n) is 7.19. The molecule has 4 heterocycles. The number of amides is 2. The number of benzene rings is 2. The molecule has 0 bridgehead atoms. The van der Waals surface area contributed by atoms with E-state index in [-0.39, 0.29) is 59.9 Å². The van der Waals surface area contributed by atoms with E-state index in [0.29, 0.717) is 66.0 Å². The Bertz CT molecular complexity index is 2820. The number of nitrogens with one attached hydrogen (secondary N) is 2. The summed E-state index contributed by atoms with van der Waals surface area (Å²) in [5.74, 6) is -4.39. The van der Waals surface area contributed by atoms with Crippen LogP contribution >= 0.6 is 11.6 Å². The second-order valence-corrected chi connectivity index (χ2v) is 19.3. The van der Waals surface area contributed by atoms with Gasteiger partial charge in [0.15, 0.2) is 0 Å². The van der Waals surface area contributed by atoms with Crippen LogP contribution in [0, 0.1) is 47.2 Å². The molecule has 0 saturated carbocycles. The van der Waals surface area contributed by atoms with Gasteiger partial charge >= 0.3 is 11.9 Å². The van der Waals surface area contributed by atoms with Crippen molar-refractivity contribution >= 4 is 67.0 Å². The zero-order valence-electron chi connectivity index (χ0n) is 37.0. The molecule has 0 spiro atoms. The van der Waals surface area contributed by atoms with Crippen LogP contribution in [0.5, 0.6) is 0 Å². The molecular weight excluding hydrogens is 931 g/mol. The Kier molecular flexibility index (Phi) is 17.4. The third kappa shape index (κ3) is 13.5. The molecule has 2 saturated heterocycles. The van der Waals surface area contributed by atoms with Gasteiger partial charge < -0.3 is 19.3 Å². The quantitative estimate of drug-likeness (QED) is 0.151. The normalized spacial score (nSPS) is 14.0. The van der Waals surface area contributed by atoms with E-state index in [1.54, 1.807) is 49.9 Å². The number of carbonyl (C=O) groups is 4. The molecule has 2 aliphatic heterocycles. The summed E-state index contributed by atoms with van der Waals surface area (Å²) >= 11 is 5.83. The van der Waals surface area contributed by atoms with Gasteiger partial charge in [0.25, 0.3) is 0 Å². The highest BCUT2D eigenvalue weighted by molar-refractivity contribution is 7.89. The van der Waals surface area contributed by atoms with Crippen molar-refractivity contribution < 1.29 is 49.9 Å². The Morgan fingerprint density at radius 2 is 1.28 bits per heavy atom. The fourth-order valence-corrected chi connectivity index (χ4v) is 9.68. The molecule has 0 unspecified atom stereocenters. The van der Waals surface area contributed by atoms with E-state index in [9.17, 15) is 50.9 Å². The van der Waals surface area contributed by atoms with Gasteiger partial charge in [-0.25, -0.2) is 40.8 Å². The lowest BCUT2D eigenvalue weighted by Crippen LogP contribution is -2.55. The van der Waals surface area contributed by atoms with Gasteiger partial charge in [-0.1, -0.05) is 48.9 Å².